The van der Waals surface area contributed by atoms with Crippen molar-refractivity contribution in [2.24, 2.45) is 17.3 Å². The van der Waals surface area contributed by atoms with E-state index in [1.165, 1.54) is 38.6 Å². The van der Waals surface area contributed by atoms with Gasteiger partial charge in [-0.3, -0.25) is 0 Å². The smallest absolute Gasteiger partial charge is 0.0192 e. The minimum absolute atomic E-state index is 0.563. The van der Waals surface area contributed by atoms with Crippen molar-refractivity contribution >= 4 is 0 Å². The first-order valence-electron chi connectivity index (χ1n) is 7.44. The summed E-state index contributed by atoms with van der Waals surface area (Å²) in [5.41, 5.74) is 1.31. The molecule has 4 aliphatic carbocycles. The highest BCUT2D eigenvalue weighted by atomic mass is 15.0. The fourth-order valence-corrected chi connectivity index (χ4v) is 5.86. The molecule has 1 N–H and O–H groups in total. The van der Waals surface area contributed by atoms with E-state index in [0.29, 0.717) is 5.54 Å². The predicted molar refractivity (Wildman–Crippen MR) is 68.4 cm³/mol. The van der Waals surface area contributed by atoms with Gasteiger partial charge in [0.15, 0.2) is 0 Å². The Balaban J connectivity index is 1.85. The Morgan fingerprint density at radius 2 is 1.75 bits per heavy atom. The van der Waals surface area contributed by atoms with Crippen LogP contribution in [0.1, 0.15) is 65.2 Å². The van der Waals surface area contributed by atoms with E-state index in [1.807, 2.05) is 0 Å². The minimum Gasteiger partial charge on any atom is -0.311 e. The molecule has 1 nitrogen and oxygen atoms in total. The molecule has 92 valence electrons. The molecule has 0 spiro atoms. The highest BCUT2D eigenvalue weighted by Gasteiger charge is 2.56. The summed E-state index contributed by atoms with van der Waals surface area (Å²) in [7, 11) is 0. The van der Waals surface area contributed by atoms with Crippen molar-refractivity contribution in [2.75, 3.05) is 6.54 Å². The highest BCUT2D eigenvalue weighted by Crippen LogP contribution is 2.63. The number of nitrogens with one attached hydrogen (secondary N) is 1. The van der Waals surface area contributed by atoms with E-state index in [1.54, 1.807) is 19.3 Å². The maximum absolute atomic E-state index is 3.87. The normalized spacial score (nSPS) is 49.9. The summed E-state index contributed by atoms with van der Waals surface area (Å²) in [6, 6.07) is 0. The van der Waals surface area contributed by atoms with E-state index < -0.39 is 0 Å². The zero-order valence-corrected chi connectivity index (χ0v) is 11.0. The molecule has 4 saturated carbocycles. The molecule has 2 atom stereocenters. The lowest BCUT2D eigenvalue weighted by molar-refractivity contribution is -0.0851. The lowest BCUT2D eigenvalue weighted by atomic mass is 9.46. The van der Waals surface area contributed by atoms with Crippen LogP contribution in [0, 0.1) is 17.3 Å². The van der Waals surface area contributed by atoms with Gasteiger partial charge in [-0.1, -0.05) is 20.3 Å². The van der Waals surface area contributed by atoms with Crippen LogP contribution in [0.3, 0.4) is 0 Å². The molecule has 16 heavy (non-hydrogen) atoms. The van der Waals surface area contributed by atoms with Crippen molar-refractivity contribution in [3.05, 3.63) is 0 Å². The predicted octanol–water partition coefficient (Wildman–Crippen LogP) is 3.74. The first kappa shape index (κ1) is 11.1. The lowest BCUT2D eigenvalue weighted by Gasteiger charge is -2.62. The summed E-state index contributed by atoms with van der Waals surface area (Å²) in [6.45, 7) is 5.82. The van der Waals surface area contributed by atoms with Crippen molar-refractivity contribution in [3.8, 4) is 0 Å². The molecule has 0 aromatic heterocycles. The molecule has 4 bridgehead atoms. The van der Waals surface area contributed by atoms with E-state index >= 15 is 0 Å². The van der Waals surface area contributed by atoms with Crippen molar-refractivity contribution < 1.29 is 0 Å². The Bertz CT molecular complexity index is 233. The summed E-state index contributed by atoms with van der Waals surface area (Å²) in [6.07, 6.45) is 12.0. The van der Waals surface area contributed by atoms with Gasteiger partial charge in [-0.25, -0.2) is 0 Å². The van der Waals surface area contributed by atoms with Gasteiger partial charge in [-0.05, 0) is 68.7 Å². The van der Waals surface area contributed by atoms with Crippen LogP contribution >= 0.6 is 0 Å². The number of rotatable bonds is 4. The monoisotopic (exact) mass is 221 g/mol. The first-order chi connectivity index (χ1) is 7.69. The third-order valence-corrected chi connectivity index (χ3v) is 5.51. The number of hydrogen-bond acceptors (Lipinski definition) is 1. The van der Waals surface area contributed by atoms with Gasteiger partial charge in [0.25, 0.3) is 0 Å². The zero-order valence-electron chi connectivity index (χ0n) is 11.0. The molecule has 0 aromatic rings. The molecule has 0 heterocycles. The van der Waals surface area contributed by atoms with Crippen LogP contribution in [0.15, 0.2) is 0 Å². The van der Waals surface area contributed by atoms with E-state index in [0.717, 1.165) is 17.3 Å². The Hall–Kier alpha value is -0.0400. The standard InChI is InChI=1S/C15H27N/c1-3-5-14-7-12-6-13(8-14)10-15(9-12,11-14)16-4-2/h12-13,16H,3-11H2,1-2H3. The Kier molecular flexibility index (Phi) is 2.58. The maximum Gasteiger partial charge on any atom is 0.0192 e. The molecule has 4 fully saturated rings. The van der Waals surface area contributed by atoms with Gasteiger partial charge < -0.3 is 5.32 Å². The minimum atomic E-state index is 0.563. The third kappa shape index (κ3) is 1.63. The number of hydrogen-bond donors (Lipinski definition) is 1. The average Bonchev–Trinajstić information content (AvgIpc) is 2.14. The lowest BCUT2D eigenvalue weighted by Crippen LogP contribution is -2.61. The molecule has 1 heteroatoms. The summed E-state index contributed by atoms with van der Waals surface area (Å²) < 4.78 is 0. The van der Waals surface area contributed by atoms with Crippen LogP contribution in [0.5, 0.6) is 0 Å². The van der Waals surface area contributed by atoms with E-state index in [2.05, 4.69) is 19.2 Å². The fraction of sp³-hybridized carbons (Fsp3) is 1.00. The summed E-state index contributed by atoms with van der Waals surface area (Å²) in [5.74, 6) is 2.12. The van der Waals surface area contributed by atoms with Crippen LogP contribution in [0.4, 0.5) is 0 Å². The van der Waals surface area contributed by atoms with Crippen LogP contribution in [-0.2, 0) is 0 Å². The van der Waals surface area contributed by atoms with E-state index in [-0.39, 0.29) is 0 Å². The molecular formula is C15H27N. The van der Waals surface area contributed by atoms with Gasteiger partial charge in [-0.15, -0.1) is 0 Å². The molecule has 4 rings (SSSR count). The van der Waals surface area contributed by atoms with Gasteiger partial charge in [0.05, 0.1) is 0 Å². The Morgan fingerprint density at radius 3 is 2.31 bits per heavy atom. The van der Waals surface area contributed by atoms with Crippen molar-refractivity contribution in [2.45, 2.75) is 70.8 Å². The Morgan fingerprint density at radius 1 is 1.06 bits per heavy atom. The molecular weight excluding hydrogens is 194 g/mol. The van der Waals surface area contributed by atoms with E-state index in [9.17, 15) is 0 Å². The SMILES string of the molecule is CCCC12CC3CC(C1)CC(NCC)(C3)C2. The fourth-order valence-electron chi connectivity index (χ4n) is 5.86. The van der Waals surface area contributed by atoms with Gasteiger partial charge in [0.1, 0.15) is 0 Å². The van der Waals surface area contributed by atoms with Crippen molar-refractivity contribution in [3.63, 3.8) is 0 Å². The topological polar surface area (TPSA) is 12.0 Å². The second-order valence-electron chi connectivity index (χ2n) is 7.02. The molecule has 0 radical (unpaired) electrons. The molecule has 0 saturated heterocycles. The van der Waals surface area contributed by atoms with Crippen molar-refractivity contribution in [1.29, 1.82) is 0 Å². The first-order valence-corrected chi connectivity index (χ1v) is 7.44. The molecule has 0 aliphatic heterocycles. The Labute approximate surface area is 100 Å². The second kappa shape index (κ2) is 3.73. The quantitative estimate of drug-likeness (QED) is 0.762. The van der Waals surface area contributed by atoms with Gasteiger partial charge in [0, 0.05) is 5.54 Å². The molecule has 4 aliphatic rings. The van der Waals surface area contributed by atoms with Crippen molar-refractivity contribution in [1.82, 2.24) is 5.32 Å². The van der Waals surface area contributed by atoms with Crippen LogP contribution in [-0.4, -0.2) is 12.1 Å². The van der Waals surface area contributed by atoms with Gasteiger partial charge in [0.2, 0.25) is 0 Å². The summed E-state index contributed by atoms with van der Waals surface area (Å²) >= 11 is 0. The maximum atomic E-state index is 3.87. The van der Waals surface area contributed by atoms with Crippen LogP contribution in [0.25, 0.3) is 0 Å². The molecule has 0 amide bonds. The summed E-state index contributed by atoms with van der Waals surface area (Å²) in [5, 5.41) is 3.87. The van der Waals surface area contributed by atoms with E-state index in [4.69, 9.17) is 0 Å². The molecule has 0 aromatic carbocycles. The van der Waals surface area contributed by atoms with Crippen LogP contribution in [0.2, 0.25) is 0 Å². The average molecular weight is 221 g/mol. The second-order valence-corrected chi connectivity index (χ2v) is 7.02. The zero-order chi connectivity index (χ0) is 11.2. The highest BCUT2D eigenvalue weighted by molar-refractivity contribution is 5.11. The van der Waals surface area contributed by atoms with Gasteiger partial charge in [-0.2, -0.15) is 0 Å². The summed E-state index contributed by atoms with van der Waals surface area (Å²) in [4.78, 5) is 0. The van der Waals surface area contributed by atoms with Gasteiger partial charge >= 0.3 is 0 Å². The largest absolute Gasteiger partial charge is 0.311 e. The molecule has 2 unspecified atom stereocenters. The van der Waals surface area contributed by atoms with Crippen LogP contribution < -0.4 is 5.32 Å². The third-order valence-electron chi connectivity index (χ3n) is 5.51.